The third kappa shape index (κ3) is 6.23. The van der Waals surface area contributed by atoms with Gasteiger partial charge in [0.15, 0.2) is 0 Å². The van der Waals surface area contributed by atoms with E-state index in [1.807, 2.05) is 32.0 Å². The van der Waals surface area contributed by atoms with E-state index < -0.39 is 29.3 Å². The van der Waals surface area contributed by atoms with Crippen molar-refractivity contribution in [2.45, 2.75) is 59.8 Å². The molecule has 164 valence electrons. The number of amides is 1. The van der Waals surface area contributed by atoms with Crippen LogP contribution in [0.1, 0.15) is 47.1 Å². The van der Waals surface area contributed by atoms with Crippen LogP contribution in [0.3, 0.4) is 0 Å². The minimum absolute atomic E-state index is 0.119. The summed E-state index contributed by atoms with van der Waals surface area (Å²) in [7, 11) is 0. The summed E-state index contributed by atoms with van der Waals surface area (Å²) in [6.07, 6.45) is -0.707. The molecule has 1 aromatic carbocycles. The van der Waals surface area contributed by atoms with Crippen molar-refractivity contribution >= 4 is 28.7 Å². The summed E-state index contributed by atoms with van der Waals surface area (Å²) in [6.45, 7) is 12.3. The van der Waals surface area contributed by atoms with Gasteiger partial charge in [-0.2, -0.15) is 0 Å². The number of nitrogens with one attached hydrogen (secondary N) is 1. The smallest absolute Gasteiger partial charge is 0.408 e. The molecule has 0 aliphatic heterocycles. The van der Waals surface area contributed by atoms with Crippen molar-refractivity contribution in [3.8, 4) is 0 Å². The van der Waals surface area contributed by atoms with Crippen molar-refractivity contribution in [2.24, 2.45) is 0 Å². The fraction of sp³-hybridized carbons (Fsp3) is 0.500. The lowest BCUT2D eigenvalue weighted by molar-refractivity contribution is -0.147. The Balaban J connectivity index is 2.12. The summed E-state index contributed by atoms with van der Waals surface area (Å²) in [5.41, 5.74) is 0.711. The fourth-order valence-electron chi connectivity index (χ4n) is 2.94. The average molecular weight is 418 g/mol. The number of carbonyl (C=O) groups excluding carboxylic acids is 2. The topological polar surface area (TPSA) is 98.1 Å². The van der Waals surface area contributed by atoms with E-state index in [-0.39, 0.29) is 6.61 Å². The number of hydrogen-bond donors (Lipinski definition) is 1. The molecule has 8 heteroatoms. The van der Waals surface area contributed by atoms with Gasteiger partial charge in [0.1, 0.15) is 23.8 Å². The van der Waals surface area contributed by atoms with E-state index in [0.29, 0.717) is 16.5 Å². The first-order valence-electron chi connectivity index (χ1n) is 10.0. The van der Waals surface area contributed by atoms with Crippen molar-refractivity contribution in [3.05, 3.63) is 40.2 Å². The van der Waals surface area contributed by atoms with Crippen LogP contribution in [0.25, 0.3) is 11.0 Å². The van der Waals surface area contributed by atoms with Gasteiger partial charge in [0.2, 0.25) is 0 Å². The zero-order valence-corrected chi connectivity index (χ0v) is 18.4. The van der Waals surface area contributed by atoms with Crippen LogP contribution in [0.4, 0.5) is 10.5 Å². The molecule has 0 saturated carbocycles. The van der Waals surface area contributed by atoms with Gasteiger partial charge in [0, 0.05) is 41.9 Å². The lowest BCUT2D eigenvalue weighted by Crippen LogP contribution is -2.42. The molecule has 2 rings (SSSR count). The van der Waals surface area contributed by atoms with Crippen LogP contribution in [-0.2, 0) is 20.9 Å². The number of fused-ring (bicyclic) bond motifs is 1. The Labute approximate surface area is 176 Å². The summed E-state index contributed by atoms with van der Waals surface area (Å²) < 4.78 is 15.8. The number of rotatable bonds is 7. The quantitative estimate of drug-likeness (QED) is 0.542. The molecule has 0 unspecified atom stereocenters. The number of carbonyl (C=O) groups is 2. The largest absolute Gasteiger partial charge is 0.459 e. The van der Waals surface area contributed by atoms with Gasteiger partial charge in [0.05, 0.1) is 0 Å². The number of hydrogen-bond acceptors (Lipinski definition) is 7. The molecular formula is C22H30N2O6. The molecule has 0 radical (unpaired) electrons. The maximum Gasteiger partial charge on any atom is 0.408 e. The van der Waals surface area contributed by atoms with Crippen LogP contribution >= 0.6 is 0 Å². The number of anilines is 1. The van der Waals surface area contributed by atoms with Crippen molar-refractivity contribution in [3.63, 3.8) is 0 Å². The predicted molar refractivity (Wildman–Crippen MR) is 115 cm³/mol. The average Bonchev–Trinajstić information content (AvgIpc) is 2.64. The Hall–Kier alpha value is -3.03. The first kappa shape index (κ1) is 23.3. The van der Waals surface area contributed by atoms with Gasteiger partial charge < -0.3 is 24.1 Å². The zero-order valence-electron chi connectivity index (χ0n) is 18.4. The minimum atomic E-state index is -0.902. The number of benzene rings is 1. The molecule has 0 aliphatic carbocycles. The Morgan fingerprint density at radius 3 is 2.43 bits per heavy atom. The normalized spacial score (nSPS) is 12.3. The molecule has 1 atom stereocenters. The van der Waals surface area contributed by atoms with Gasteiger partial charge in [-0.1, -0.05) is 0 Å². The summed E-state index contributed by atoms with van der Waals surface area (Å²) in [4.78, 5) is 38.2. The second kappa shape index (κ2) is 9.65. The van der Waals surface area contributed by atoms with Crippen LogP contribution in [-0.4, -0.2) is 36.8 Å². The Bertz CT molecular complexity index is 956. The van der Waals surface area contributed by atoms with Gasteiger partial charge in [0.25, 0.3) is 0 Å². The molecule has 1 N–H and O–H groups in total. The zero-order chi connectivity index (χ0) is 22.5. The second-order valence-electron chi connectivity index (χ2n) is 7.92. The molecular weight excluding hydrogens is 388 g/mol. The molecule has 1 heterocycles. The van der Waals surface area contributed by atoms with Crippen LogP contribution in [0.15, 0.2) is 33.5 Å². The molecule has 0 spiro atoms. The van der Waals surface area contributed by atoms with Crippen molar-refractivity contribution < 1.29 is 23.5 Å². The highest BCUT2D eigenvalue weighted by Gasteiger charge is 2.22. The maximum atomic E-state index is 12.3. The number of esters is 1. The monoisotopic (exact) mass is 418 g/mol. The van der Waals surface area contributed by atoms with Gasteiger partial charge >= 0.3 is 17.7 Å². The summed E-state index contributed by atoms with van der Waals surface area (Å²) in [5, 5.41) is 3.12. The molecule has 0 bridgehead atoms. The Morgan fingerprint density at radius 2 is 1.83 bits per heavy atom. The van der Waals surface area contributed by atoms with E-state index in [2.05, 4.69) is 10.2 Å². The fourth-order valence-corrected chi connectivity index (χ4v) is 2.94. The lowest BCUT2D eigenvalue weighted by atomic mass is 10.1. The Kier molecular flexibility index (Phi) is 7.48. The summed E-state index contributed by atoms with van der Waals surface area (Å²) in [5.74, 6) is -0.637. The molecule has 1 amide bonds. The van der Waals surface area contributed by atoms with Gasteiger partial charge in [-0.05, 0) is 53.7 Å². The highest BCUT2D eigenvalue weighted by atomic mass is 16.6. The minimum Gasteiger partial charge on any atom is -0.459 e. The Morgan fingerprint density at radius 1 is 1.17 bits per heavy atom. The van der Waals surface area contributed by atoms with E-state index in [1.54, 1.807) is 20.8 Å². The SMILES string of the molecule is CCN(CC)c1ccc2c(COC(=O)[C@H](C)NC(=O)OC(C)(C)C)cc(=O)oc2c1. The maximum absolute atomic E-state index is 12.3. The second-order valence-corrected chi connectivity index (χ2v) is 7.92. The third-order valence-corrected chi connectivity index (χ3v) is 4.40. The number of alkyl carbamates (subject to hydrolysis) is 1. The third-order valence-electron chi connectivity index (χ3n) is 4.40. The van der Waals surface area contributed by atoms with Crippen LogP contribution < -0.4 is 15.8 Å². The molecule has 8 nitrogen and oxygen atoms in total. The van der Waals surface area contributed by atoms with Crippen LogP contribution in [0, 0.1) is 0 Å². The first-order chi connectivity index (χ1) is 14.0. The van der Waals surface area contributed by atoms with E-state index in [9.17, 15) is 14.4 Å². The van der Waals surface area contributed by atoms with Gasteiger partial charge in [-0.15, -0.1) is 0 Å². The standard InChI is InChI=1S/C22H30N2O6/c1-7-24(8-2)16-9-10-17-15(11-19(25)29-18(17)12-16)13-28-20(26)14(3)23-21(27)30-22(4,5)6/h9-12,14H,7-8,13H2,1-6H3,(H,23,27)/t14-/m0/s1. The van der Waals surface area contributed by atoms with E-state index in [0.717, 1.165) is 18.8 Å². The molecule has 30 heavy (non-hydrogen) atoms. The predicted octanol–water partition coefficient (Wildman–Crippen LogP) is 3.60. The first-order valence-corrected chi connectivity index (χ1v) is 10.0. The van der Waals surface area contributed by atoms with Crippen LogP contribution in [0.5, 0.6) is 0 Å². The van der Waals surface area contributed by atoms with E-state index >= 15 is 0 Å². The summed E-state index contributed by atoms with van der Waals surface area (Å²) in [6, 6.07) is 5.99. The van der Waals surface area contributed by atoms with Crippen LogP contribution in [0.2, 0.25) is 0 Å². The lowest BCUT2D eigenvalue weighted by Gasteiger charge is -2.21. The highest BCUT2D eigenvalue weighted by molar-refractivity contribution is 5.84. The molecule has 0 fully saturated rings. The molecule has 1 aromatic heterocycles. The number of ether oxygens (including phenoxy) is 2. The molecule has 2 aromatic rings. The van der Waals surface area contributed by atoms with E-state index in [1.165, 1.54) is 13.0 Å². The number of nitrogens with zero attached hydrogens (tertiary/aromatic N) is 1. The van der Waals surface area contributed by atoms with Crippen molar-refractivity contribution in [2.75, 3.05) is 18.0 Å². The van der Waals surface area contributed by atoms with E-state index in [4.69, 9.17) is 13.9 Å². The van der Waals surface area contributed by atoms with Crippen molar-refractivity contribution in [1.29, 1.82) is 0 Å². The summed E-state index contributed by atoms with van der Waals surface area (Å²) >= 11 is 0. The van der Waals surface area contributed by atoms with Gasteiger partial charge in [-0.25, -0.2) is 14.4 Å². The van der Waals surface area contributed by atoms with Gasteiger partial charge in [-0.3, -0.25) is 0 Å². The highest BCUT2D eigenvalue weighted by Crippen LogP contribution is 2.24. The molecule has 0 saturated heterocycles. The van der Waals surface area contributed by atoms with Crippen molar-refractivity contribution in [1.82, 2.24) is 5.32 Å². The molecule has 0 aliphatic rings.